The molecule has 0 atom stereocenters. The minimum absolute atomic E-state index is 0.115. The van der Waals surface area contributed by atoms with E-state index in [4.69, 9.17) is 0 Å². The van der Waals surface area contributed by atoms with Gasteiger partial charge in [-0.15, -0.1) is 5.10 Å². The molecule has 7 heteroatoms. The number of aromatic nitrogens is 1. The topological polar surface area (TPSA) is 66.7 Å². The van der Waals surface area contributed by atoms with Gasteiger partial charge in [-0.1, -0.05) is 48.2 Å². The fourth-order valence-electron chi connectivity index (χ4n) is 3.14. The first kappa shape index (κ1) is 17.2. The lowest BCUT2D eigenvalue weighted by Crippen LogP contribution is -2.30. The Morgan fingerprint density at radius 2 is 1.85 bits per heavy atom. The fraction of sp³-hybridized carbons (Fsp3) is 0.150. The van der Waals surface area contributed by atoms with Gasteiger partial charge < -0.3 is 9.47 Å². The van der Waals surface area contributed by atoms with Gasteiger partial charge in [0.05, 0.1) is 10.2 Å². The number of nitrogens with zero attached hydrogens (tertiary/aromatic N) is 3. The second kappa shape index (κ2) is 6.85. The van der Waals surface area contributed by atoms with Gasteiger partial charge in [0.2, 0.25) is 10.7 Å². The summed E-state index contributed by atoms with van der Waals surface area (Å²) in [6.45, 7) is 4.25. The van der Waals surface area contributed by atoms with Crippen molar-refractivity contribution in [2.45, 2.75) is 6.42 Å². The molecule has 1 aromatic heterocycles. The smallest absolute Gasteiger partial charge is 0.258 e. The first-order valence-electron chi connectivity index (χ1n) is 8.53. The number of amides is 2. The van der Waals surface area contributed by atoms with Crippen LogP contribution >= 0.6 is 11.3 Å². The number of aryl methyl sites for hydroxylation is 1. The maximum Gasteiger partial charge on any atom is 0.258 e. The number of para-hydroxylation sites is 1. The molecule has 1 aliphatic rings. The van der Waals surface area contributed by atoms with Crippen molar-refractivity contribution in [1.82, 2.24) is 14.9 Å². The quantitative estimate of drug-likeness (QED) is 0.710. The molecule has 2 aromatic carbocycles. The van der Waals surface area contributed by atoms with Gasteiger partial charge in [0, 0.05) is 36.8 Å². The van der Waals surface area contributed by atoms with E-state index in [2.05, 4.69) is 17.1 Å². The molecule has 0 spiro atoms. The fourth-order valence-corrected chi connectivity index (χ4v) is 4.12. The van der Waals surface area contributed by atoms with Gasteiger partial charge in [0.15, 0.2) is 0 Å². The third-order valence-electron chi connectivity index (χ3n) is 4.59. The van der Waals surface area contributed by atoms with Gasteiger partial charge in [-0.2, -0.15) is 0 Å². The van der Waals surface area contributed by atoms with Gasteiger partial charge >= 0.3 is 0 Å². The minimum Gasteiger partial charge on any atom is -0.318 e. The van der Waals surface area contributed by atoms with Crippen molar-refractivity contribution in [3.8, 4) is 0 Å². The first-order valence-corrected chi connectivity index (χ1v) is 9.35. The van der Waals surface area contributed by atoms with Crippen LogP contribution in [0.2, 0.25) is 0 Å². The van der Waals surface area contributed by atoms with Gasteiger partial charge in [-0.3, -0.25) is 9.59 Å². The predicted molar refractivity (Wildman–Crippen MR) is 106 cm³/mol. The van der Waals surface area contributed by atoms with E-state index in [0.717, 1.165) is 15.8 Å². The van der Waals surface area contributed by atoms with Crippen molar-refractivity contribution >= 4 is 39.1 Å². The Labute approximate surface area is 160 Å². The standard InChI is InChI=1S/C20H18N4O2S/c1-13-14-7-3-4-8-15(14)19(26)24(13)12-11-18(25)21-22-20-23(2)16-9-5-6-10-17(16)27-20/h3-10H,1,11-12H2,2H3,(H,21,25)/b22-20-. The molecule has 0 unspecified atom stereocenters. The van der Waals surface area contributed by atoms with Crippen LogP contribution in [-0.2, 0) is 11.8 Å². The summed E-state index contributed by atoms with van der Waals surface area (Å²) >= 11 is 1.50. The average Bonchev–Trinajstić information content (AvgIpc) is 3.14. The molecule has 4 rings (SSSR count). The number of carbonyl (C=O) groups is 2. The Balaban J connectivity index is 1.43. The van der Waals surface area contributed by atoms with Gasteiger partial charge in [0.25, 0.3) is 5.91 Å². The second-order valence-electron chi connectivity index (χ2n) is 6.26. The van der Waals surface area contributed by atoms with Crippen LogP contribution in [0.3, 0.4) is 0 Å². The molecule has 0 radical (unpaired) electrons. The number of rotatable bonds is 4. The zero-order chi connectivity index (χ0) is 19.0. The number of nitrogens with one attached hydrogen (secondary N) is 1. The van der Waals surface area contributed by atoms with Crippen LogP contribution in [0.25, 0.3) is 15.9 Å². The van der Waals surface area contributed by atoms with Gasteiger partial charge in [0.1, 0.15) is 0 Å². The van der Waals surface area contributed by atoms with Gasteiger partial charge in [-0.05, 0) is 18.2 Å². The lowest BCUT2D eigenvalue weighted by Gasteiger charge is -2.16. The second-order valence-corrected chi connectivity index (χ2v) is 7.27. The molecule has 6 nitrogen and oxygen atoms in total. The maximum absolute atomic E-state index is 12.5. The third-order valence-corrected chi connectivity index (χ3v) is 5.71. The molecule has 0 saturated heterocycles. The summed E-state index contributed by atoms with van der Waals surface area (Å²) in [7, 11) is 1.91. The van der Waals surface area contributed by atoms with E-state index in [1.54, 1.807) is 11.0 Å². The van der Waals surface area contributed by atoms with Crippen LogP contribution in [0.5, 0.6) is 0 Å². The van der Waals surface area contributed by atoms with Crippen LogP contribution in [0.1, 0.15) is 22.3 Å². The highest BCUT2D eigenvalue weighted by Gasteiger charge is 2.30. The van der Waals surface area contributed by atoms with E-state index in [0.29, 0.717) is 16.1 Å². The van der Waals surface area contributed by atoms with Crippen LogP contribution in [0.4, 0.5) is 0 Å². The maximum atomic E-state index is 12.5. The van der Waals surface area contributed by atoms with E-state index in [1.807, 2.05) is 54.1 Å². The third kappa shape index (κ3) is 3.06. The van der Waals surface area contributed by atoms with Crippen molar-refractivity contribution < 1.29 is 9.59 Å². The summed E-state index contributed by atoms with van der Waals surface area (Å²) in [4.78, 5) is 26.9. The molecule has 2 amide bonds. The van der Waals surface area contributed by atoms with Crippen LogP contribution < -0.4 is 10.2 Å². The molecule has 27 heavy (non-hydrogen) atoms. The monoisotopic (exact) mass is 378 g/mol. The summed E-state index contributed by atoms with van der Waals surface area (Å²) in [5.74, 6) is -0.361. The molecule has 1 N–H and O–H groups in total. The van der Waals surface area contributed by atoms with E-state index in [9.17, 15) is 9.59 Å². The number of fused-ring (bicyclic) bond motifs is 2. The van der Waals surface area contributed by atoms with E-state index >= 15 is 0 Å². The normalized spacial score (nSPS) is 14.1. The van der Waals surface area contributed by atoms with Gasteiger partial charge in [-0.25, -0.2) is 5.43 Å². The van der Waals surface area contributed by atoms with Crippen molar-refractivity contribution in [2.75, 3.05) is 6.54 Å². The Morgan fingerprint density at radius 1 is 1.15 bits per heavy atom. The van der Waals surface area contributed by atoms with Crippen molar-refractivity contribution in [3.63, 3.8) is 0 Å². The zero-order valence-electron chi connectivity index (χ0n) is 14.8. The number of hydrogen-bond acceptors (Lipinski definition) is 4. The highest BCUT2D eigenvalue weighted by atomic mass is 32.1. The van der Waals surface area contributed by atoms with Crippen molar-refractivity contribution in [1.29, 1.82) is 0 Å². The van der Waals surface area contributed by atoms with Crippen molar-refractivity contribution in [2.24, 2.45) is 12.1 Å². The summed E-state index contributed by atoms with van der Waals surface area (Å²) < 4.78 is 3.03. The van der Waals surface area contributed by atoms with Crippen LogP contribution in [0, 0.1) is 0 Å². The summed E-state index contributed by atoms with van der Waals surface area (Å²) in [5.41, 5.74) is 5.73. The molecule has 0 fully saturated rings. The summed E-state index contributed by atoms with van der Waals surface area (Å²) in [5, 5.41) is 4.22. The number of carbonyl (C=O) groups excluding carboxylic acids is 2. The zero-order valence-corrected chi connectivity index (χ0v) is 15.6. The molecule has 2 heterocycles. The summed E-state index contributed by atoms with van der Waals surface area (Å²) in [6.07, 6.45) is 0.150. The van der Waals surface area contributed by atoms with E-state index in [-0.39, 0.29) is 24.8 Å². The predicted octanol–water partition coefficient (Wildman–Crippen LogP) is 2.69. The average molecular weight is 378 g/mol. The number of benzene rings is 2. The Morgan fingerprint density at radius 3 is 2.59 bits per heavy atom. The van der Waals surface area contributed by atoms with Crippen molar-refractivity contribution in [3.05, 3.63) is 71.0 Å². The summed E-state index contributed by atoms with van der Waals surface area (Å²) in [6, 6.07) is 15.3. The number of thiazole rings is 1. The first-order chi connectivity index (χ1) is 13.1. The molecule has 0 saturated carbocycles. The Kier molecular flexibility index (Phi) is 4.37. The molecule has 136 valence electrons. The molecule has 0 bridgehead atoms. The highest BCUT2D eigenvalue weighted by Crippen LogP contribution is 2.30. The number of hydrogen-bond donors (Lipinski definition) is 1. The SMILES string of the molecule is C=C1c2ccccc2C(=O)N1CCC(=O)N/N=c1\sc2ccccc2n1C. The van der Waals surface area contributed by atoms with E-state index in [1.165, 1.54) is 11.3 Å². The van der Waals surface area contributed by atoms with E-state index < -0.39 is 0 Å². The molecule has 3 aromatic rings. The Hall–Kier alpha value is -3.19. The lowest BCUT2D eigenvalue weighted by molar-refractivity contribution is -0.121. The minimum atomic E-state index is -0.246. The lowest BCUT2D eigenvalue weighted by atomic mass is 10.1. The Bertz CT molecular complexity index is 1110. The molecule has 1 aliphatic heterocycles. The van der Waals surface area contributed by atoms with Crippen LogP contribution in [0.15, 0.2) is 60.2 Å². The largest absolute Gasteiger partial charge is 0.318 e. The molecule has 0 aliphatic carbocycles. The highest BCUT2D eigenvalue weighted by molar-refractivity contribution is 7.16. The molecular formula is C20H18N4O2S. The van der Waals surface area contributed by atoms with Crippen LogP contribution in [-0.4, -0.2) is 27.8 Å². The molecular weight excluding hydrogens is 360 g/mol.